The van der Waals surface area contributed by atoms with Crippen molar-refractivity contribution in [3.63, 3.8) is 0 Å². The van der Waals surface area contributed by atoms with Gasteiger partial charge in [-0.25, -0.2) is 0 Å². The topological polar surface area (TPSA) is 201 Å². The minimum absolute atomic E-state index is 0.0904. The molecule has 2 unspecified atom stereocenters. The van der Waals surface area contributed by atoms with Crippen LogP contribution < -0.4 is 4.74 Å². The lowest BCUT2D eigenvalue weighted by atomic mass is 9.73. The molecule has 0 saturated carbocycles. The van der Waals surface area contributed by atoms with Gasteiger partial charge in [0.05, 0.1) is 5.56 Å². The van der Waals surface area contributed by atoms with Crippen LogP contribution in [0.15, 0.2) is 17.4 Å². The summed E-state index contributed by atoms with van der Waals surface area (Å²) in [5.74, 6) is -7.78. The van der Waals surface area contributed by atoms with Gasteiger partial charge in [0.15, 0.2) is 23.8 Å². The van der Waals surface area contributed by atoms with Gasteiger partial charge in [0, 0.05) is 77.7 Å². The van der Waals surface area contributed by atoms with E-state index in [2.05, 4.69) is 0 Å². The van der Waals surface area contributed by atoms with Gasteiger partial charge in [-0.1, -0.05) is 0 Å². The van der Waals surface area contributed by atoms with Crippen molar-refractivity contribution in [3.8, 4) is 5.75 Å². The van der Waals surface area contributed by atoms with Crippen LogP contribution in [0, 0.1) is 5.92 Å². The van der Waals surface area contributed by atoms with E-state index in [9.17, 15) is 38.4 Å². The molecule has 0 N–H and O–H groups in total. The Morgan fingerprint density at radius 2 is 1.29 bits per heavy atom. The Morgan fingerprint density at radius 3 is 1.79 bits per heavy atom. The number of carbonyl (C=O) groups excluding carboxylic acids is 8. The second kappa shape index (κ2) is 15.3. The number of ether oxygens (including phenoxy) is 7. The predicted octanol–water partition coefficient (Wildman–Crippen LogP) is 2.30. The molecule has 15 nitrogen and oxygen atoms in total. The van der Waals surface area contributed by atoms with Crippen LogP contribution in [-0.4, -0.2) is 85.0 Å². The maximum atomic E-state index is 13.6. The maximum absolute atomic E-state index is 13.6. The van der Waals surface area contributed by atoms with Gasteiger partial charge < -0.3 is 33.2 Å². The third-order valence-corrected chi connectivity index (χ3v) is 7.74. The third-order valence-electron chi connectivity index (χ3n) is 7.74. The highest BCUT2D eigenvalue weighted by molar-refractivity contribution is 6.27. The fraction of sp³-hybridized carbons (Fsp3) is 0.515. The number of ketones is 2. The molecule has 0 aromatic heterocycles. The van der Waals surface area contributed by atoms with E-state index in [1.807, 2.05) is 0 Å². The van der Waals surface area contributed by atoms with Crippen molar-refractivity contribution in [1.82, 2.24) is 0 Å². The zero-order chi connectivity index (χ0) is 36.2. The van der Waals surface area contributed by atoms with Crippen LogP contribution in [-0.2, 0) is 70.0 Å². The van der Waals surface area contributed by atoms with Gasteiger partial charge in [-0.15, -0.1) is 0 Å². The Balaban J connectivity index is 2.28. The molecule has 1 aromatic rings. The molecule has 0 amide bonds. The fourth-order valence-electron chi connectivity index (χ4n) is 6.09. The highest BCUT2D eigenvalue weighted by Crippen LogP contribution is 2.44. The minimum Gasteiger partial charge on any atom is -0.462 e. The zero-order valence-electron chi connectivity index (χ0n) is 28.1. The van der Waals surface area contributed by atoms with E-state index >= 15 is 0 Å². The largest absolute Gasteiger partial charge is 0.462 e. The summed E-state index contributed by atoms with van der Waals surface area (Å²) in [6.07, 6.45) is -6.50. The third kappa shape index (κ3) is 8.32. The number of fused-ring (bicyclic) bond motifs is 2. The van der Waals surface area contributed by atoms with Crippen LogP contribution in [0.4, 0.5) is 0 Å². The van der Waals surface area contributed by atoms with Crippen molar-refractivity contribution in [3.05, 3.63) is 39.7 Å². The molecule has 0 aliphatic heterocycles. The molecule has 2 aliphatic rings. The van der Waals surface area contributed by atoms with Gasteiger partial charge in [0.1, 0.15) is 24.1 Å². The van der Waals surface area contributed by atoms with E-state index in [1.165, 1.54) is 27.0 Å². The van der Waals surface area contributed by atoms with E-state index in [-0.39, 0.29) is 40.9 Å². The number of benzene rings is 1. The molecule has 2 aliphatic carbocycles. The number of allylic oxidation sites excluding steroid dienone is 2. The molecule has 3 rings (SSSR count). The quantitative estimate of drug-likeness (QED) is 0.188. The first-order chi connectivity index (χ1) is 22.4. The number of methoxy groups -OCH3 is 1. The summed E-state index contributed by atoms with van der Waals surface area (Å²) in [5, 5.41) is 0. The number of carbonyl (C=O) groups is 8. The molecule has 48 heavy (non-hydrogen) atoms. The van der Waals surface area contributed by atoms with Crippen LogP contribution in [0.2, 0.25) is 0 Å². The van der Waals surface area contributed by atoms with E-state index in [1.54, 1.807) is 0 Å². The minimum atomic E-state index is -1.43. The van der Waals surface area contributed by atoms with Crippen molar-refractivity contribution >= 4 is 47.4 Å². The molecule has 0 heterocycles. The predicted molar refractivity (Wildman–Crippen MR) is 160 cm³/mol. The van der Waals surface area contributed by atoms with Crippen molar-refractivity contribution in [2.75, 3.05) is 7.11 Å². The highest BCUT2D eigenvalue weighted by atomic mass is 16.6. The van der Waals surface area contributed by atoms with Crippen LogP contribution in [0.1, 0.15) is 87.2 Å². The molecule has 1 aromatic carbocycles. The normalized spacial score (nSPS) is 19.4. The van der Waals surface area contributed by atoms with Crippen molar-refractivity contribution < 1.29 is 71.5 Å². The first-order valence-corrected chi connectivity index (χ1v) is 14.9. The average molecular weight is 675 g/mol. The van der Waals surface area contributed by atoms with E-state index in [4.69, 9.17) is 33.2 Å². The number of rotatable bonds is 11. The Hall–Kier alpha value is -4.92. The van der Waals surface area contributed by atoms with Crippen LogP contribution in [0.5, 0.6) is 5.75 Å². The van der Waals surface area contributed by atoms with E-state index in [0.29, 0.717) is 5.56 Å². The monoisotopic (exact) mass is 674 g/mol. The Labute approximate surface area is 276 Å². The first-order valence-electron chi connectivity index (χ1n) is 14.9. The summed E-state index contributed by atoms with van der Waals surface area (Å²) in [6, 6.07) is 1.39. The van der Waals surface area contributed by atoms with Gasteiger partial charge in [-0.2, -0.15) is 0 Å². The van der Waals surface area contributed by atoms with Crippen LogP contribution in [0.3, 0.4) is 0 Å². The zero-order valence-corrected chi connectivity index (χ0v) is 28.1. The SMILES string of the molecule is CO[C@H](C(OC(C)=O)[C@@H](OC(C)=O)[C@@H](C)OC(C)=O)C1Cc2cc3c(c(OC(C)=O)c2C[C@H]1OC(C)=O)C(=O)C(C)=C(OC(C)=O)C3=O. The van der Waals surface area contributed by atoms with E-state index in [0.717, 1.165) is 41.5 Å². The lowest BCUT2D eigenvalue weighted by Gasteiger charge is -2.42. The summed E-state index contributed by atoms with van der Waals surface area (Å²) < 4.78 is 38.6. The summed E-state index contributed by atoms with van der Waals surface area (Å²) in [6.45, 7) is 9.41. The molecular weight excluding hydrogens is 636 g/mol. The highest BCUT2D eigenvalue weighted by Gasteiger charge is 2.49. The van der Waals surface area contributed by atoms with Gasteiger partial charge in [0.2, 0.25) is 5.78 Å². The smallest absolute Gasteiger partial charge is 0.308 e. The number of hydrogen-bond acceptors (Lipinski definition) is 15. The molecule has 260 valence electrons. The van der Waals surface area contributed by atoms with Crippen LogP contribution >= 0.6 is 0 Å². The molecule has 15 heteroatoms. The van der Waals surface area contributed by atoms with Gasteiger partial charge >= 0.3 is 35.8 Å². The molecule has 0 saturated heterocycles. The average Bonchev–Trinajstić information content (AvgIpc) is 2.95. The van der Waals surface area contributed by atoms with E-state index < -0.39 is 89.6 Å². The van der Waals surface area contributed by atoms with Crippen molar-refractivity contribution in [2.45, 2.75) is 98.8 Å². The molecule has 6 atom stereocenters. The van der Waals surface area contributed by atoms with Gasteiger partial charge in [-0.3, -0.25) is 38.4 Å². The standard InChI is InChI=1S/C33H38O15/c1-13-27(40)26-24(28(41)29(13)45-17(5)36)11-21-10-23(25(44-16(4)35)12-22(21)31(26)47-19(7)38)32(42-9)33(48-20(8)39)30(46-18(6)37)14(2)43-15(3)34/h11,14,23,25,30,32-33H,10,12H2,1-9H3/t14-,23?,25-,30+,32+,33?/m1/s1. The summed E-state index contributed by atoms with van der Waals surface area (Å²) in [4.78, 5) is 100. The Morgan fingerprint density at radius 1 is 0.729 bits per heavy atom. The Bertz CT molecular complexity index is 1590. The lowest BCUT2D eigenvalue weighted by Crippen LogP contribution is -2.55. The van der Waals surface area contributed by atoms with Crippen molar-refractivity contribution in [1.29, 1.82) is 0 Å². The fourth-order valence-corrected chi connectivity index (χ4v) is 6.09. The summed E-state index contributed by atoms with van der Waals surface area (Å²) in [5.41, 5.74) is 0.0345. The summed E-state index contributed by atoms with van der Waals surface area (Å²) in [7, 11) is 1.28. The molecular formula is C33H38O15. The molecule has 0 spiro atoms. The Kier molecular flexibility index (Phi) is 12.0. The second-order valence-corrected chi connectivity index (χ2v) is 11.4. The molecule has 0 radical (unpaired) electrons. The number of hydrogen-bond donors (Lipinski definition) is 0. The molecule has 0 bridgehead atoms. The second-order valence-electron chi connectivity index (χ2n) is 11.4. The van der Waals surface area contributed by atoms with Crippen LogP contribution in [0.25, 0.3) is 0 Å². The maximum Gasteiger partial charge on any atom is 0.308 e. The number of Topliss-reactive ketones (excluding diaryl/α,β-unsaturated/α-hetero) is 2. The lowest BCUT2D eigenvalue weighted by molar-refractivity contribution is -0.202. The van der Waals surface area contributed by atoms with Gasteiger partial charge in [-0.05, 0) is 31.9 Å². The summed E-state index contributed by atoms with van der Waals surface area (Å²) >= 11 is 0. The number of esters is 6. The van der Waals surface area contributed by atoms with Gasteiger partial charge in [0.25, 0.3) is 0 Å². The van der Waals surface area contributed by atoms with Crippen molar-refractivity contribution in [2.24, 2.45) is 5.92 Å². The first kappa shape index (κ1) is 37.5. The molecule has 0 fully saturated rings.